The van der Waals surface area contributed by atoms with Gasteiger partial charge in [-0.05, 0) is 32.9 Å². The summed E-state index contributed by atoms with van der Waals surface area (Å²) in [7, 11) is 0. The minimum atomic E-state index is -1.08. The van der Waals surface area contributed by atoms with Gasteiger partial charge in [-0.1, -0.05) is 18.2 Å². The first-order valence-corrected chi connectivity index (χ1v) is 5.69. The monoisotopic (exact) mass is 264 g/mol. The summed E-state index contributed by atoms with van der Waals surface area (Å²) < 4.78 is 10.1. The molecule has 5 nitrogen and oxygen atoms in total. The van der Waals surface area contributed by atoms with Crippen LogP contribution in [0.5, 0.6) is 5.75 Å². The molecule has 1 aromatic rings. The molecule has 19 heavy (non-hydrogen) atoms. The highest BCUT2D eigenvalue weighted by Gasteiger charge is 2.18. The number of benzene rings is 1. The number of hydrogen-bond donors (Lipinski definition) is 1. The minimum Gasteiger partial charge on any atom is -0.478 e. The van der Waals surface area contributed by atoms with Gasteiger partial charge in [-0.2, -0.15) is 0 Å². The molecule has 0 bridgehead atoms. The number of rotatable bonds is 3. The number of carboxylic acids is 1. The maximum Gasteiger partial charge on any atom is 0.514 e. The topological polar surface area (TPSA) is 72.8 Å². The fourth-order valence-electron chi connectivity index (χ4n) is 1.23. The molecule has 0 unspecified atom stereocenters. The fraction of sp³-hybridized carbons (Fsp3) is 0.286. The van der Waals surface area contributed by atoms with Crippen molar-refractivity contribution < 1.29 is 24.2 Å². The number of carbonyl (C=O) groups is 2. The van der Waals surface area contributed by atoms with Gasteiger partial charge in [0.1, 0.15) is 11.4 Å². The third kappa shape index (κ3) is 5.72. The van der Waals surface area contributed by atoms with Gasteiger partial charge < -0.3 is 14.6 Å². The second-order valence-corrected chi connectivity index (χ2v) is 4.78. The zero-order chi connectivity index (χ0) is 14.5. The van der Waals surface area contributed by atoms with E-state index in [4.69, 9.17) is 14.6 Å². The molecule has 5 heteroatoms. The molecule has 0 radical (unpaired) electrons. The molecule has 0 spiro atoms. The molecule has 102 valence electrons. The van der Waals surface area contributed by atoms with Crippen molar-refractivity contribution in [3.8, 4) is 5.75 Å². The Hall–Kier alpha value is -2.30. The molecule has 0 amide bonds. The van der Waals surface area contributed by atoms with Gasteiger partial charge in [0.05, 0.1) is 0 Å². The summed E-state index contributed by atoms with van der Waals surface area (Å²) in [5, 5.41) is 8.58. The number of carboxylic acid groups (broad SMARTS) is 1. The van der Waals surface area contributed by atoms with Crippen LogP contribution in [-0.2, 0) is 9.53 Å². The summed E-state index contributed by atoms with van der Waals surface area (Å²) in [6.45, 7) is 5.18. The van der Waals surface area contributed by atoms with Crippen molar-refractivity contribution in [3.05, 3.63) is 35.9 Å². The SMILES string of the molecule is CC(C)(C)OC(=O)Oc1ccccc1C=CC(=O)O. The van der Waals surface area contributed by atoms with Crippen LogP contribution < -0.4 is 4.74 Å². The molecule has 0 aromatic heterocycles. The van der Waals surface area contributed by atoms with Gasteiger partial charge >= 0.3 is 12.1 Å². The molecule has 1 aromatic carbocycles. The van der Waals surface area contributed by atoms with Crippen LogP contribution in [0.4, 0.5) is 4.79 Å². The standard InChI is InChI=1S/C14H16O5/c1-14(2,3)19-13(17)18-11-7-5-4-6-10(11)8-9-12(15)16/h4-9H,1-3H3,(H,15,16). The van der Waals surface area contributed by atoms with E-state index in [0.717, 1.165) is 6.08 Å². The van der Waals surface area contributed by atoms with E-state index in [-0.39, 0.29) is 5.75 Å². The summed E-state index contributed by atoms with van der Waals surface area (Å²) in [6.07, 6.45) is 1.49. The first-order chi connectivity index (χ1) is 8.78. The van der Waals surface area contributed by atoms with Crippen LogP contribution in [0.25, 0.3) is 6.08 Å². The van der Waals surface area contributed by atoms with E-state index in [1.54, 1.807) is 45.0 Å². The Balaban J connectivity index is 2.84. The van der Waals surface area contributed by atoms with Crippen LogP contribution in [-0.4, -0.2) is 22.8 Å². The second-order valence-electron chi connectivity index (χ2n) is 4.78. The zero-order valence-corrected chi connectivity index (χ0v) is 11.0. The lowest BCUT2D eigenvalue weighted by Gasteiger charge is -2.19. The number of para-hydroxylation sites is 1. The minimum absolute atomic E-state index is 0.245. The maximum absolute atomic E-state index is 11.5. The Morgan fingerprint density at radius 2 is 1.84 bits per heavy atom. The Bertz CT molecular complexity index is 497. The summed E-state index contributed by atoms with van der Waals surface area (Å²) in [6, 6.07) is 6.59. The largest absolute Gasteiger partial charge is 0.514 e. The fourth-order valence-corrected chi connectivity index (χ4v) is 1.23. The van der Waals surface area contributed by atoms with Crippen molar-refractivity contribution in [2.24, 2.45) is 0 Å². The Kier molecular flexibility index (Phi) is 4.69. The molecular weight excluding hydrogens is 248 g/mol. The van der Waals surface area contributed by atoms with Crippen molar-refractivity contribution in [2.75, 3.05) is 0 Å². The first kappa shape index (κ1) is 14.8. The van der Waals surface area contributed by atoms with Crippen LogP contribution in [0, 0.1) is 0 Å². The molecular formula is C14H16O5. The quantitative estimate of drug-likeness (QED) is 0.516. The average molecular weight is 264 g/mol. The van der Waals surface area contributed by atoms with Gasteiger partial charge in [-0.25, -0.2) is 9.59 Å². The normalized spacial score (nSPS) is 11.3. The van der Waals surface area contributed by atoms with Crippen molar-refractivity contribution in [3.63, 3.8) is 0 Å². The number of hydrogen-bond acceptors (Lipinski definition) is 4. The summed E-state index contributed by atoms with van der Waals surface area (Å²) in [5.74, 6) is -0.832. The van der Waals surface area contributed by atoms with Gasteiger partial charge in [0.15, 0.2) is 0 Å². The van der Waals surface area contributed by atoms with Crippen LogP contribution in [0.3, 0.4) is 0 Å². The van der Waals surface area contributed by atoms with E-state index in [2.05, 4.69) is 0 Å². The number of carbonyl (C=O) groups excluding carboxylic acids is 1. The molecule has 0 aliphatic heterocycles. The lowest BCUT2D eigenvalue weighted by atomic mass is 10.2. The van der Waals surface area contributed by atoms with E-state index in [9.17, 15) is 9.59 Å². The highest BCUT2D eigenvalue weighted by Crippen LogP contribution is 2.21. The lowest BCUT2D eigenvalue weighted by molar-refractivity contribution is -0.131. The van der Waals surface area contributed by atoms with E-state index in [0.29, 0.717) is 5.56 Å². The van der Waals surface area contributed by atoms with Crippen LogP contribution in [0.1, 0.15) is 26.3 Å². The summed E-state index contributed by atoms with van der Waals surface area (Å²) >= 11 is 0. The smallest absolute Gasteiger partial charge is 0.478 e. The summed E-state index contributed by atoms with van der Waals surface area (Å²) in [5.41, 5.74) is -0.168. The molecule has 0 saturated heterocycles. The molecule has 0 saturated carbocycles. The van der Waals surface area contributed by atoms with E-state index < -0.39 is 17.7 Å². The van der Waals surface area contributed by atoms with Gasteiger partial charge in [-0.15, -0.1) is 0 Å². The van der Waals surface area contributed by atoms with Crippen molar-refractivity contribution in [2.45, 2.75) is 26.4 Å². The Morgan fingerprint density at radius 3 is 2.42 bits per heavy atom. The molecule has 0 fully saturated rings. The van der Waals surface area contributed by atoms with Gasteiger partial charge in [0.2, 0.25) is 0 Å². The van der Waals surface area contributed by atoms with Crippen LogP contribution in [0.2, 0.25) is 0 Å². The van der Waals surface area contributed by atoms with Gasteiger partial charge in [0.25, 0.3) is 0 Å². The highest BCUT2D eigenvalue weighted by molar-refractivity contribution is 5.86. The molecule has 0 aliphatic rings. The Labute approximate surface area is 111 Å². The maximum atomic E-state index is 11.5. The lowest BCUT2D eigenvalue weighted by Crippen LogP contribution is -2.26. The van der Waals surface area contributed by atoms with Gasteiger partial charge in [-0.3, -0.25) is 0 Å². The van der Waals surface area contributed by atoms with Crippen molar-refractivity contribution in [1.82, 2.24) is 0 Å². The Morgan fingerprint density at radius 1 is 1.21 bits per heavy atom. The third-order valence-corrected chi connectivity index (χ3v) is 1.91. The molecule has 0 heterocycles. The van der Waals surface area contributed by atoms with E-state index >= 15 is 0 Å². The van der Waals surface area contributed by atoms with Crippen LogP contribution >= 0.6 is 0 Å². The molecule has 0 aliphatic carbocycles. The highest BCUT2D eigenvalue weighted by atomic mass is 16.7. The first-order valence-electron chi connectivity index (χ1n) is 5.69. The van der Waals surface area contributed by atoms with Crippen molar-refractivity contribution in [1.29, 1.82) is 0 Å². The molecule has 0 atom stereocenters. The zero-order valence-electron chi connectivity index (χ0n) is 11.0. The molecule has 1 rings (SSSR count). The predicted octanol–water partition coefficient (Wildman–Crippen LogP) is 3.10. The van der Waals surface area contributed by atoms with E-state index in [1.807, 2.05) is 0 Å². The predicted molar refractivity (Wildman–Crippen MR) is 70.0 cm³/mol. The number of aliphatic carboxylic acids is 1. The third-order valence-electron chi connectivity index (χ3n) is 1.91. The van der Waals surface area contributed by atoms with E-state index in [1.165, 1.54) is 6.08 Å². The molecule has 1 N–H and O–H groups in total. The average Bonchev–Trinajstić information content (AvgIpc) is 2.25. The second kappa shape index (κ2) is 6.04. The van der Waals surface area contributed by atoms with Gasteiger partial charge in [0, 0.05) is 11.6 Å². The van der Waals surface area contributed by atoms with Crippen LogP contribution in [0.15, 0.2) is 30.3 Å². The van der Waals surface area contributed by atoms with Crippen molar-refractivity contribution >= 4 is 18.2 Å². The summed E-state index contributed by atoms with van der Waals surface area (Å²) in [4.78, 5) is 22.0. The number of ether oxygens (including phenoxy) is 2.